The van der Waals surface area contributed by atoms with Crippen molar-refractivity contribution in [1.29, 1.82) is 0 Å². The van der Waals surface area contributed by atoms with E-state index in [-0.39, 0.29) is 0 Å². The van der Waals surface area contributed by atoms with Crippen molar-refractivity contribution in [1.82, 2.24) is 15.2 Å². The minimum absolute atomic E-state index is 0.497. The first kappa shape index (κ1) is 13.0. The summed E-state index contributed by atoms with van der Waals surface area (Å²) >= 11 is 0. The fourth-order valence-electron chi connectivity index (χ4n) is 2.23. The molecule has 98 valence electrons. The molecule has 2 heterocycles. The summed E-state index contributed by atoms with van der Waals surface area (Å²) < 4.78 is 0. The zero-order valence-corrected chi connectivity index (χ0v) is 10.6. The Hall–Kier alpha value is -1.46. The van der Waals surface area contributed by atoms with Crippen LogP contribution in [0.3, 0.4) is 0 Å². The summed E-state index contributed by atoms with van der Waals surface area (Å²) in [6.45, 7) is 2.11. The molecule has 2 rings (SSSR count). The van der Waals surface area contributed by atoms with Crippen LogP contribution in [0, 0.1) is 0 Å². The number of piperidine rings is 1. The quantitative estimate of drug-likeness (QED) is 0.823. The molecule has 0 radical (unpaired) electrons. The van der Waals surface area contributed by atoms with Gasteiger partial charge in [0.25, 0.3) is 0 Å². The number of pyridine rings is 1. The van der Waals surface area contributed by atoms with Crippen LogP contribution in [0.2, 0.25) is 0 Å². The Morgan fingerprint density at radius 3 is 2.78 bits per heavy atom. The minimum atomic E-state index is -0.802. The molecule has 0 unspecified atom stereocenters. The highest BCUT2D eigenvalue weighted by molar-refractivity contribution is 5.79. The molecule has 18 heavy (non-hydrogen) atoms. The second-order valence-corrected chi connectivity index (χ2v) is 4.87. The first-order chi connectivity index (χ1) is 8.62. The number of likely N-dealkylation sites (tertiary alicyclic amines) is 1. The van der Waals surface area contributed by atoms with Crippen LogP contribution in [-0.4, -0.2) is 46.6 Å². The van der Waals surface area contributed by atoms with Crippen molar-refractivity contribution in [2.24, 2.45) is 0 Å². The third-order valence-electron chi connectivity index (χ3n) is 3.58. The number of carbonyl (C=O) groups is 1. The van der Waals surface area contributed by atoms with E-state index in [2.05, 4.69) is 15.2 Å². The van der Waals surface area contributed by atoms with Crippen LogP contribution in [0.5, 0.6) is 0 Å². The van der Waals surface area contributed by atoms with Gasteiger partial charge in [-0.3, -0.25) is 15.1 Å². The Bertz CT molecular complexity index is 400. The second kappa shape index (κ2) is 5.46. The molecule has 0 aliphatic carbocycles. The molecular formula is C13H19N3O2. The monoisotopic (exact) mass is 249 g/mol. The van der Waals surface area contributed by atoms with Crippen molar-refractivity contribution >= 4 is 5.97 Å². The van der Waals surface area contributed by atoms with Gasteiger partial charge in [0, 0.05) is 25.8 Å². The van der Waals surface area contributed by atoms with Gasteiger partial charge in [-0.2, -0.15) is 0 Å². The average molecular weight is 249 g/mol. The molecule has 1 aromatic heterocycles. The van der Waals surface area contributed by atoms with Crippen LogP contribution in [0.4, 0.5) is 0 Å². The van der Waals surface area contributed by atoms with Gasteiger partial charge in [-0.05, 0) is 32.0 Å². The fraction of sp³-hybridized carbons (Fsp3) is 0.538. The van der Waals surface area contributed by atoms with E-state index in [9.17, 15) is 9.90 Å². The zero-order valence-electron chi connectivity index (χ0n) is 10.6. The maximum absolute atomic E-state index is 11.5. The van der Waals surface area contributed by atoms with Crippen molar-refractivity contribution in [3.63, 3.8) is 0 Å². The first-order valence-corrected chi connectivity index (χ1v) is 6.19. The molecule has 1 aromatic rings. The number of nitrogens with one attached hydrogen (secondary N) is 1. The van der Waals surface area contributed by atoms with Gasteiger partial charge >= 0.3 is 5.97 Å². The lowest BCUT2D eigenvalue weighted by molar-refractivity contribution is -0.147. The third-order valence-corrected chi connectivity index (χ3v) is 3.58. The molecule has 1 aliphatic rings. The summed E-state index contributed by atoms with van der Waals surface area (Å²) in [5.41, 5.74) is 0.0707. The Balaban J connectivity index is 2.01. The molecule has 0 atom stereocenters. The summed E-state index contributed by atoms with van der Waals surface area (Å²) in [4.78, 5) is 17.9. The Kier molecular flexibility index (Phi) is 3.93. The molecule has 2 N–H and O–H groups in total. The number of nitrogens with zero attached hydrogens (tertiary/aromatic N) is 2. The molecule has 0 bridgehead atoms. The van der Waals surface area contributed by atoms with Gasteiger partial charge < -0.3 is 10.0 Å². The lowest BCUT2D eigenvalue weighted by atomic mass is 9.87. The van der Waals surface area contributed by atoms with Crippen LogP contribution in [0.15, 0.2) is 24.4 Å². The molecule has 0 saturated carbocycles. The number of aliphatic carboxylic acids is 1. The molecule has 5 nitrogen and oxygen atoms in total. The zero-order chi connectivity index (χ0) is 13.0. The molecule has 0 aromatic carbocycles. The lowest BCUT2D eigenvalue weighted by Crippen LogP contribution is -2.57. The molecule has 0 amide bonds. The summed E-state index contributed by atoms with van der Waals surface area (Å²) in [6, 6.07) is 5.66. The Morgan fingerprint density at radius 1 is 1.50 bits per heavy atom. The van der Waals surface area contributed by atoms with E-state index in [0.717, 1.165) is 18.8 Å². The van der Waals surface area contributed by atoms with E-state index in [1.807, 2.05) is 25.2 Å². The standard InChI is InChI=1S/C13H19N3O2/c1-16-8-5-13(6-9-16,12(17)18)15-10-11-4-2-3-7-14-11/h2-4,7,15H,5-6,8-10H2,1H3,(H,17,18). The first-order valence-electron chi connectivity index (χ1n) is 6.19. The van der Waals surface area contributed by atoms with Crippen LogP contribution in [0.1, 0.15) is 18.5 Å². The molecule has 5 heteroatoms. The highest BCUT2D eigenvalue weighted by Gasteiger charge is 2.40. The van der Waals surface area contributed by atoms with E-state index in [1.54, 1.807) is 6.20 Å². The van der Waals surface area contributed by atoms with Crippen LogP contribution >= 0.6 is 0 Å². The number of carboxylic acid groups (broad SMARTS) is 1. The van der Waals surface area contributed by atoms with Crippen molar-refractivity contribution in [2.75, 3.05) is 20.1 Å². The largest absolute Gasteiger partial charge is 0.480 e. The third kappa shape index (κ3) is 2.86. The minimum Gasteiger partial charge on any atom is -0.480 e. The van der Waals surface area contributed by atoms with Crippen LogP contribution < -0.4 is 5.32 Å². The van der Waals surface area contributed by atoms with Gasteiger partial charge in [0.1, 0.15) is 5.54 Å². The van der Waals surface area contributed by atoms with Gasteiger partial charge in [-0.15, -0.1) is 0 Å². The average Bonchev–Trinajstić information content (AvgIpc) is 2.39. The molecule has 0 spiro atoms. The van der Waals surface area contributed by atoms with E-state index in [4.69, 9.17) is 0 Å². The van der Waals surface area contributed by atoms with Gasteiger partial charge in [-0.1, -0.05) is 6.07 Å². The highest BCUT2D eigenvalue weighted by atomic mass is 16.4. The highest BCUT2D eigenvalue weighted by Crippen LogP contribution is 2.22. The number of rotatable bonds is 4. The van der Waals surface area contributed by atoms with Crippen LogP contribution in [0.25, 0.3) is 0 Å². The summed E-state index contributed by atoms with van der Waals surface area (Å²) in [5.74, 6) is -0.758. The lowest BCUT2D eigenvalue weighted by Gasteiger charge is -2.38. The summed E-state index contributed by atoms with van der Waals surface area (Å²) in [6.07, 6.45) is 2.98. The van der Waals surface area contributed by atoms with Gasteiger partial charge in [0.15, 0.2) is 0 Å². The smallest absolute Gasteiger partial charge is 0.324 e. The van der Waals surface area contributed by atoms with Gasteiger partial charge in [0.05, 0.1) is 5.69 Å². The molecule has 1 saturated heterocycles. The van der Waals surface area contributed by atoms with Gasteiger partial charge in [0.2, 0.25) is 0 Å². The maximum atomic E-state index is 11.5. The van der Waals surface area contributed by atoms with Crippen molar-refractivity contribution in [3.05, 3.63) is 30.1 Å². The maximum Gasteiger partial charge on any atom is 0.324 e. The van der Waals surface area contributed by atoms with E-state index in [0.29, 0.717) is 19.4 Å². The van der Waals surface area contributed by atoms with Crippen molar-refractivity contribution in [3.8, 4) is 0 Å². The Morgan fingerprint density at radius 2 is 2.22 bits per heavy atom. The van der Waals surface area contributed by atoms with E-state index in [1.165, 1.54) is 0 Å². The van der Waals surface area contributed by atoms with Crippen LogP contribution in [-0.2, 0) is 11.3 Å². The summed E-state index contributed by atoms with van der Waals surface area (Å²) in [5, 5.41) is 12.6. The SMILES string of the molecule is CN1CCC(NCc2ccccn2)(C(=O)O)CC1. The number of carboxylic acids is 1. The van der Waals surface area contributed by atoms with Crippen molar-refractivity contribution < 1.29 is 9.90 Å². The molecule has 1 fully saturated rings. The van der Waals surface area contributed by atoms with E-state index >= 15 is 0 Å². The molecule has 1 aliphatic heterocycles. The summed E-state index contributed by atoms with van der Waals surface area (Å²) in [7, 11) is 2.02. The topological polar surface area (TPSA) is 65.5 Å². The fourth-order valence-corrected chi connectivity index (χ4v) is 2.23. The van der Waals surface area contributed by atoms with Crippen molar-refractivity contribution in [2.45, 2.75) is 24.9 Å². The predicted octanol–water partition coefficient (Wildman–Crippen LogP) is 0.720. The van der Waals surface area contributed by atoms with E-state index < -0.39 is 11.5 Å². The number of hydrogen-bond donors (Lipinski definition) is 2. The number of aromatic nitrogens is 1. The predicted molar refractivity (Wildman–Crippen MR) is 68.2 cm³/mol. The van der Waals surface area contributed by atoms with Gasteiger partial charge in [-0.25, -0.2) is 0 Å². The second-order valence-electron chi connectivity index (χ2n) is 4.87. The normalized spacial score (nSPS) is 19.6. The molecular weight excluding hydrogens is 230 g/mol. The number of hydrogen-bond acceptors (Lipinski definition) is 4. The Labute approximate surface area is 107 Å².